The molecule has 0 atom stereocenters. The van der Waals surface area contributed by atoms with Crippen LogP contribution in [0.15, 0.2) is 40.7 Å². The minimum absolute atomic E-state index is 0.0812. The zero-order valence-corrected chi connectivity index (χ0v) is 18.6. The molecule has 0 radical (unpaired) electrons. The van der Waals surface area contributed by atoms with Gasteiger partial charge in [-0.2, -0.15) is 0 Å². The number of guanidine groups is 1. The molecule has 8 heteroatoms. The smallest absolute Gasteiger partial charge is 0.244 e. The average Bonchev–Trinajstić information content (AvgIpc) is 3.21. The van der Waals surface area contributed by atoms with Crippen molar-refractivity contribution >= 4 is 28.9 Å². The van der Waals surface area contributed by atoms with Crippen molar-refractivity contribution < 1.29 is 14.3 Å². The quantitative estimate of drug-likeness (QED) is 0.529. The fourth-order valence-corrected chi connectivity index (χ4v) is 4.38. The number of nitrogens with zero attached hydrogens (tertiary/aromatic N) is 2. The Hall–Kier alpha value is -2.74. The summed E-state index contributed by atoms with van der Waals surface area (Å²) in [5, 5.41) is 8.76. The Morgan fingerprint density at radius 2 is 1.90 bits per heavy atom. The number of amides is 1. The fraction of sp³-hybridized carbons (Fsp3) is 0.478. The van der Waals surface area contributed by atoms with Gasteiger partial charge in [0.15, 0.2) is 17.5 Å². The maximum absolute atomic E-state index is 12.6. The van der Waals surface area contributed by atoms with Gasteiger partial charge in [0.2, 0.25) is 5.91 Å². The van der Waals surface area contributed by atoms with Crippen LogP contribution in [0.4, 0.5) is 5.69 Å². The molecule has 0 spiro atoms. The molecule has 1 saturated heterocycles. The number of anilines is 1. The van der Waals surface area contributed by atoms with E-state index in [0.717, 1.165) is 62.5 Å². The summed E-state index contributed by atoms with van der Waals surface area (Å²) in [6.07, 6.45) is 5.13. The molecule has 0 saturated carbocycles. The molecule has 3 heterocycles. The summed E-state index contributed by atoms with van der Waals surface area (Å²) in [6.45, 7) is 3.85. The number of carbonyl (C=O) groups excluding carboxylic acids is 1. The molecule has 1 amide bonds. The summed E-state index contributed by atoms with van der Waals surface area (Å²) in [5.41, 5.74) is 0.844. The molecule has 4 rings (SSSR count). The minimum Gasteiger partial charge on any atom is -0.490 e. The fourth-order valence-electron chi connectivity index (χ4n) is 3.67. The monoisotopic (exact) mass is 442 g/mol. The number of ether oxygens (including phenoxy) is 2. The summed E-state index contributed by atoms with van der Waals surface area (Å²) in [5.74, 6) is 2.16. The van der Waals surface area contributed by atoms with Crippen LogP contribution >= 0.6 is 11.3 Å². The molecular weight excluding hydrogens is 412 g/mol. The van der Waals surface area contributed by atoms with Crippen LogP contribution in [0.1, 0.15) is 30.6 Å². The second-order valence-corrected chi connectivity index (χ2v) is 8.73. The van der Waals surface area contributed by atoms with E-state index in [1.54, 1.807) is 11.3 Å². The number of benzene rings is 1. The van der Waals surface area contributed by atoms with Crippen molar-refractivity contribution in [1.82, 2.24) is 10.2 Å². The Kier molecular flexibility index (Phi) is 7.65. The Bertz CT molecular complexity index is 879. The van der Waals surface area contributed by atoms with Gasteiger partial charge in [0.25, 0.3) is 0 Å². The molecular formula is C23H30N4O3S. The van der Waals surface area contributed by atoms with Crippen LogP contribution < -0.4 is 20.1 Å². The average molecular weight is 443 g/mol. The van der Waals surface area contributed by atoms with Gasteiger partial charge in [0.1, 0.15) is 6.54 Å². The standard InChI is InChI=1S/C23H30N4O3S/c28-22(27-11-2-1-3-12-27)17-25-23(24-10-9-19-6-4-15-31-19)26-18-7-8-20-21(16-18)30-14-5-13-29-20/h4,6-8,15-16H,1-3,5,9-14,17H2,(H2,24,25,26). The zero-order valence-electron chi connectivity index (χ0n) is 17.8. The van der Waals surface area contributed by atoms with E-state index < -0.39 is 0 Å². The molecule has 31 heavy (non-hydrogen) atoms. The number of rotatable bonds is 6. The lowest BCUT2D eigenvalue weighted by atomic mass is 10.1. The van der Waals surface area contributed by atoms with Crippen LogP contribution in [-0.4, -0.2) is 56.2 Å². The van der Waals surface area contributed by atoms with Crippen molar-refractivity contribution in [2.24, 2.45) is 4.99 Å². The van der Waals surface area contributed by atoms with E-state index in [-0.39, 0.29) is 12.5 Å². The summed E-state index contributed by atoms with van der Waals surface area (Å²) in [7, 11) is 0. The number of thiophene rings is 1. The van der Waals surface area contributed by atoms with Crippen molar-refractivity contribution in [2.75, 3.05) is 44.7 Å². The maximum atomic E-state index is 12.6. The van der Waals surface area contributed by atoms with Crippen LogP contribution in [0, 0.1) is 0 Å². The van der Waals surface area contributed by atoms with Gasteiger partial charge in [0, 0.05) is 42.7 Å². The first kappa shape index (κ1) is 21.5. The lowest BCUT2D eigenvalue weighted by Crippen LogP contribution is -2.38. The van der Waals surface area contributed by atoms with Crippen LogP contribution in [0.2, 0.25) is 0 Å². The topological polar surface area (TPSA) is 75.2 Å². The second-order valence-electron chi connectivity index (χ2n) is 7.70. The molecule has 2 N–H and O–H groups in total. The van der Waals surface area contributed by atoms with Gasteiger partial charge >= 0.3 is 0 Å². The van der Waals surface area contributed by atoms with Crippen LogP contribution in [0.25, 0.3) is 0 Å². The molecule has 1 fully saturated rings. The number of piperidine rings is 1. The number of aliphatic imine (C=N–C) groups is 1. The van der Waals surface area contributed by atoms with E-state index in [0.29, 0.717) is 19.2 Å². The van der Waals surface area contributed by atoms with Crippen molar-refractivity contribution in [3.05, 3.63) is 40.6 Å². The zero-order chi connectivity index (χ0) is 21.3. The minimum atomic E-state index is 0.0812. The van der Waals surface area contributed by atoms with E-state index in [2.05, 4.69) is 33.1 Å². The highest BCUT2D eigenvalue weighted by molar-refractivity contribution is 7.09. The van der Waals surface area contributed by atoms with Gasteiger partial charge in [-0.15, -0.1) is 11.3 Å². The Labute approximate surface area is 187 Å². The van der Waals surface area contributed by atoms with Gasteiger partial charge in [-0.1, -0.05) is 6.07 Å². The van der Waals surface area contributed by atoms with Gasteiger partial charge < -0.3 is 25.0 Å². The summed E-state index contributed by atoms with van der Waals surface area (Å²) < 4.78 is 11.5. The third kappa shape index (κ3) is 6.37. The van der Waals surface area contributed by atoms with Crippen molar-refractivity contribution in [1.29, 1.82) is 0 Å². The number of likely N-dealkylation sites (tertiary alicyclic amines) is 1. The Morgan fingerprint density at radius 3 is 2.71 bits per heavy atom. The van der Waals surface area contributed by atoms with Gasteiger partial charge in [0.05, 0.1) is 13.2 Å². The largest absolute Gasteiger partial charge is 0.490 e. The normalized spacial score (nSPS) is 16.5. The summed E-state index contributed by atoms with van der Waals surface area (Å²) >= 11 is 1.74. The highest BCUT2D eigenvalue weighted by atomic mass is 32.1. The first-order valence-electron chi connectivity index (χ1n) is 11.0. The Morgan fingerprint density at radius 1 is 1.06 bits per heavy atom. The van der Waals surface area contributed by atoms with E-state index in [1.165, 1.54) is 11.3 Å². The van der Waals surface area contributed by atoms with E-state index in [4.69, 9.17) is 9.47 Å². The molecule has 0 bridgehead atoms. The van der Waals surface area contributed by atoms with E-state index >= 15 is 0 Å². The number of hydrogen-bond acceptors (Lipinski definition) is 5. The molecule has 2 aliphatic heterocycles. The summed E-state index contributed by atoms with van der Waals surface area (Å²) in [6, 6.07) is 9.95. The Balaban J connectivity index is 1.42. The van der Waals surface area contributed by atoms with E-state index in [9.17, 15) is 4.79 Å². The van der Waals surface area contributed by atoms with Crippen LogP contribution in [-0.2, 0) is 11.2 Å². The molecule has 166 valence electrons. The van der Waals surface area contributed by atoms with Crippen molar-refractivity contribution in [2.45, 2.75) is 32.1 Å². The molecule has 0 aliphatic carbocycles. The molecule has 2 aromatic rings. The molecule has 7 nitrogen and oxygen atoms in total. The van der Waals surface area contributed by atoms with Crippen LogP contribution in [0.3, 0.4) is 0 Å². The van der Waals surface area contributed by atoms with E-state index in [1.807, 2.05) is 23.1 Å². The lowest BCUT2D eigenvalue weighted by molar-refractivity contribution is -0.130. The maximum Gasteiger partial charge on any atom is 0.244 e. The van der Waals surface area contributed by atoms with Crippen LogP contribution in [0.5, 0.6) is 11.5 Å². The lowest BCUT2D eigenvalue weighted by Gasteiger charge is -2.26. The molecule has 1 aromatic carbocycles. The first-order chi connectivity index (χ1) is 15.3. The first-order valence-corrected chi connectivity index (χ1v) is 11.9. The summed E-state index contributed by atoms with van der Waals surface area (Å²) in [4.78, 5) is 20.4. The van der Waals surface area contributed by atoms with Gasteiger partial charge in [-0.3, -0.25) is 4.79 Å². The molecule has 1 aromatic heterocycles. The number of carbonyl (C=O) groups is 1. The molecule has 2 aliphatic rings. The van der Waals surface area contributed by atoms with Gasteiger partial charge in [-0.25, -0.2) is 4.99 Å². The highest BCUT2D eigenvalue weighted by Gasteiger charge is 2.16. The molecule has 0 unspecified atom stereocenters. The predicted octanol–water partition coefficient (Wildman–Crippen LogP) is 3.52. The second kappa shape index (κ2) is 11.0. The predicted molar refractivity (Wildman–Crippen MR) is 124 cm³/mol. The number of hydrogen-bond donors (Lipinski definition) is 2. The number of nitrogens with one attached hydrogen (secondary N) is 2. The van der Waals surface area contributed by atoms with Crippen molar-refractivity contribution in [3.63, 3.8) is 0 Å². The van der Waals surface area contributed by atoms with Gasteiger partial charge in [-0.05, 0) is 49.3 Å². The third-order valence-corrected chi connectivity index (χ3v) is 6.27. The van der Waals surface area contributed by atoms with Crippen molar-refractivity contribution in [3.8, 4) is 11.5 Å². The SMILES string of the molecule is O=C(CN=C(NCCc1cccs1)Nc1ccc2c(c1)OCCCO2)N1CCCCC1. The third-order valence-electron chi connectivity index (χ3n) is 5.34. The number of fused-ring (bicyclic) bond motifs is 1. The highest BCUT2D eigenvalue weighted by Crippen LogP contribution is 2.32.